The Bertz CT molecular complexity index is 611. The molecule has 0 heterocycles. The monoisotopic (exact) mass is 319 g/mol. The molecule has 1 amide bonds. The van der Waals surface area contributed by atoms with Crippen LogP contribution in [0.2, 0.25) is 0 Å². The van der Waals surface area contributed by atoms with Crippen LogP contribution in [0.15, 0.2) is 46.9 Å². The van der Waals surface area contributed by atoms with Crippen molar-refractivity contribution in [1.29, 1.82) is 0 Å². The quantitative estimate of drug-likeness (QED) is 0.928. The number of rotatable bonds is 3. The van der Waals surface area contributed by atoms with Gasteiger partial charge in [0.05, 0.1) is 12.7 Å². The molecule has 98 valence electrons. The van der Waals surface area contributed by atoms with E-state index < -0.39 is 0 Å². The van der Waals surface area contributed by atoms with E-state index in [2.05, 4.69) is 21.2 Å². The van der Waals surface area contributed by atoms with Crippen molar-refractivity contribution in [3.05, 3.63) is 58.1 Å². The number of benzene rings is 2. The number of hydrogen-bond donors (Lipinski definition) is 1. The van der Waals surface area contributed by atoms with Crippen LogP contribution >= 0.6 is 15.9 Å². The second-order valence-corrected chi connectivity index (χ2v) is 5.02. The van der Waals surface area contributed by atoms with Crippen molar-refractivity contribution in [2.75, 3.05) is 12.4 Å². The molecule has 0 saturated heterocycles. The largest absolute Gasteiger partial charge is 0.497 e. The standard InChI is InChI=1S/C15H14BrNO2/c1-10-4-3-5-11(8-10)17-15(18)13-9-12(19-2)6-7-14(13)16/h3-9H,1-2H3,(H,17,18). The Morgan fingerprint density at radius 1 is 1.21 bits per heavy atom. The first-order valence-corrected chi connectivity index (χ1v) is 6.61. The SMILES string of the molecule is COc1ccc(Br)c(C(=O)Nc2cccc(C)c2)c1. The van der Waals surface area contributed by atoms with Crippen LogP contribution in [0.1, 0.15) is 15.9 Å². The lowest BCUT2D eigenvalue weighted by molar-refractivity contribution is 0.102. The van der Waals surface area contributed by atoms with Gasteiger partial charge >= 0.3 is 0 Å². The van der Waals surface area contributed by atoms with Crippen molar-refractivity contribution in [3.8, 4) is 5.75 Å². The van der Waals surface area contributed by atoms with E-state index in [0.29, 0.717) is 11.3 Å². The summed E-state index contributed by atoms with van der Waals surface area (Å²) in [4.78, 5) is 12.2. The number of methoxy groups -OCH3 is 1. The lowest BCUT2D eigenvalue weighted by atomic mass is 10.2. The summed E-state index contributed by atoms with van der Waals surface area (Å²) in [5.74, 6) is 0.481. The topological polar surface area (TPSA) is 38.3 Å². The average molecular weight is 320 g/mol. The summed E-state index contributed by atoms with van der Waals surface area (Å²) in [5, 5.41) is 2.87. The van der Waals surface area contributed by atoms with E-state index in [1.54, 1.807) is 25.3 Å². The predicted molar refractivity (Wildman–Crippen MR) is 79.8 cm³/mol. The van der Waals surface area contributed by atoms with Gasteiger partial charge in [0.2, 0.25) is 0 Å². The first-order chi connectivity index (χ1) is 9.10. The smallest absolute Gasteiger partial charge is 0.256 e. The first kappa shape index (κ1) is 13.6. The third-order valence-corrected chi connectivity index (χ3v) is 3.39. The van der Waals surface area contributed by atoms with Gasteiger partial charge in [0.25, 0.3) is 5.91 Å². The van der Waals surface area contributed by atoms with Gasteiger partial charge in [-0.15, -0.1) is 0 Å². The minimum atomic E-state index is -0.170. The Morgan fingerprint density at radius 3 is 2.68 bits per heavy atom. The van der Waals surface area contributed by atoms with Gasteiger partial charge in [-0.1, -0.05) is 12.1 Å². The third kappa shape index (κ3) is 3.35. The number of aryl methyl sites for hydroxylation is 1. The van der Waals surface area contributed by atoms with Crippen molar-refractivity contribution in [3.63, 3.8) is 0 Å². The van der Waals surface area contributed by atoms with Crippen molar-refractivity contribution < 1.29 is 9.53 Å². The molecule has 19 heavy (non-hydrogen) atoms. The van der Waals surface area contributed by atoms with Crippen molar-refractivity contribution in [2.24, 2.45) is 0 Å². The molecule has 0 aliphatic rings. The highest BCUT2D eigenvalue weighted by molar-refractivity contribution is 9.10. The number of amides is 1. The van der Waals surface area contributed by atoms with Gasteiger partial charge in [0.15, 0.2) is 0 Å². The molecule has 0 aromatic heterocycles. The number of anilines is 1. The van der Waals surface area contributed by atoms with Crippen LogP contribution in [0.25, 0.3) is 0 Å². The molecule has 0 unspecified atom stereocenters. The summed E-state index contributed by atoms with van der Waals surface area (Å²) >= 11 is 3.37. The van der Waals surface area contributed by atoms with E-state index in [9.17, 15) is 4.79 Å². The highest BCUT2D eigenvalue weighted by Gasteiger charge is 2.11. The Labute approximate surface area is 120 Å². The molecule has 1 N–H and O–H groups in total. The Hall–Kier alpha value is -1.81. The summed E-state index contributed by atoms with van der Waals surface area (Å²) in [7, 11) is 1.57. The second-order valence-electron chi connectivity index (χ2n) is 4.17. The predicted octanol–water partition coefficient (Wildman–Crippen LogP) is 4.02. The minimum absolute atomic E-state index is 0.170. The maximum absolute atomic E-state index is 12.2. The van der Waals surface area contributed by atoms with Crippen LogP contribution in [0.5, 0.6) is 5.75 Å². The fourth-order valence-corrected chi connectivity index (χ4v) is 2.15. The van der Waals surface area contributed by atoms with E-state index in [1.165, 1.54) is 0 Å². The Balaban J connectivity index is 2.25. The molecule has 3 nitrogen and oxygen atoms in total. The highest BCUT2D eigenvalue weighted by atomic mass is 79.9. The molecule has 2 aromatic carbocycles. The van der Waals surface area contributed by atoms with Crippen LogP contribution < -0.4 is 10.1 Å². The van der Waals surface area contributed by atoms with Crippen LogP contribution in [0.4, 0.5) is 5.69 Å². The molecule has 0 fully saturated rings. The van der Waals surface area contributed by atoms with Gasteiger partial charge in [-0.2, -0.15) is 0 Å². The number of hydrogen-bond acceptors (Lipinski definition) is 2. The van der Waals surface area contributed by atoms with Gasteiger partial charge in [-0.3, -0.25) is 4.79 Å². The summed E-state index contributed by atoms with van der Waals surface area (Å²) in [5.41, 5.74) is 2.42. The summed E-state index contributed by atoms with van der Waals surface area (Å²) in [6.45, 7) is 1.98. The van der Waals surface area contributed by atoms with Crippen molar-refractivity contribution in [2.45, 2.75) is 6.92 Å². The van der Waals surface area contributed by atoms with Gasteiger partial charge in [-0.05, 0) is 58.7 Å². The lowest BCUT2D eigenvalue weighted by Gasteiger charge is -2.09. The van der Waals surface area contributed by atoms with Crippen LogP contribution in [0.3, 0.4) is 0 Å². The molecule has 0 spiro atoms. The first-order valence-electron chi connectivity index (χ1n) is 5.81. The fraction of sp³-hybridized carbons (Fsp3) is 0.133. The van der Waals surface area contributed by atoms with Crippen molar-refractivity contribution in [1.82, 2.24) is 0 Å². The number of carbonyl (C=O) groups excluding carboxylic acids is 1. The molecule has 0 atom stereocenters. The van der Waals surface area contributed by atoms with Crippen LogP contribution in [-0.4, -0.2) is 13.0 Å². The van der Waals surface area contributed by atoms with Gasteiger partial charge in [0, 0.05) is 10.2 Å². The third-order valence-electron chi connectivity index (χ3n) is 2.69. The lowest BCUT2D eigenvalue weighted by Crippen LogP contribution is -2.12. The van der Waals surface area contributed by atoms with Crippen LogP contribution in [-0.2, 0) is 0 Å². The van der Waals surface area contributed by atoms with E-state index in [4.69, 9.17) is 4.74 Å². The molecule has 0 saturated carbocycles. The average Bonchev–Trinajstić information content (AvgIpc) is 2.39. The van der Waals surface area contributed by atoms with Gasteiger partial charge in [0.1, 0.15) is 5.75 Å². The van der Waals surface area contributed by atoms with Crippen LogP contribution in [0, 0.1) is 6.92 Å². The van der Waals surface area contributed by atoms with E-state index >= 15 is 0 Å². The van der Waals surface area contributed by atoms with E-state index in [0.717, 1.165) is 15.7 Å². The zero-order valence-corrected chi connectivity index (χ0v) is 12.3. The Kier molecular flexibility index (Phi) is 4.22. The fourth-order valence-electron chi connectivity index (χ4n) is 1.73. The minimum Gasteiger partial charge on any atom is -0.497 e. The molecule has 0 bridgehead atoms. The normalized spacial score (nSPS) is 10.1. The number of ether oxygens (including phenoxy) is 1. The highest BCUT2D eigenvalue weighted by Crippen LogP contribution is 2.23. The zero-order chi connectivity index (χ0) is 13.8. The maximum Gasteiger partial charge on any atom is 0.256 e. The molecule has 0 aliphatic heterocycles. The molecule has 0 radical (unpaired) electrons. The van der Waals surface area contributed by atoms with E-state index in [1.807, 2.05) is 31.2 Å². The zero-order valence-electron chi connectivity index (χ0n) is 10.7. The van der Waals surface area contributed by atoms with Crippen molar-refractivity contribution >= 4 is 27.5 Å². The molecule has 2 rings (SSSR count). The second kappa shape index (κ2) is 5.89. The number of carbonyl (C=O) groups is 1. The summed E-state index contributed by atoms with van der Waals surface area (Å²) in [6, 6.07) is 13.0. The van der Waals surface area contributed by atoms with Gasteiger partial charge < -0.3 is 10.1 Å². The molecule has 4 heteroatoms. The Morgan fingerprint density at radius 2 is 2.00 bits per heavy atom. The molecule has 2 aromatic rings. The van der Waals surface area contributed by atoms with Gasteiger partial charge in [-0.25, -0.2) is 0 Å². The van der Waals surface area contributed by atoms with E-state index in [-0.39, 0.29) is 5.91 Å². The number of halogens is 1. The number of nitrogens with one attached hydrogen (secondary N) is 1. The molecular formula is C15H14BrNO2. The summed E-state index contributed by atoms with van der Waals surface area (Å²) in [6.07, 6.45) is 0. The molecule has 0 aliphatic carbocycles. The maximum atomic E-state index is 12.2. The molecular weight excluding hydrogens is 306 g/mol. The summed E-state index contributed by atoms with van der Waals surface area (Å²) < 4.78 is 5.86.